The van der Waals surface area contributed by atoms with Gasteiger partial charge in [0.1, 0.15) is 6.04 Å². The third-order valence-corrected chi connectivity index (χ3v) is 4.54. The first-order valence-corrected chi connectivity index (χ1v) is 8.05. The minimum absolute atomic E-state index is 0.0127. The van der Waals surface area contributed by atoms with Crippen molar-refractivity contribution < 1.29 is 14.3 Å². The molecule has 0 aliphatic rings. The van der Waals surface area contributed by atoms with Crippen LogP contribution in [-0.2, 0) is 20.1 Å². The summed E-state index contributed by atoms with van der Waals surface area (Å²) in [7, 11) is 1.33. The van der Waals surface area contributed by atoms with Crippen LogP contribution in [0, 0.1) is 5.92 Å². The summed E-state index contributed by atoms with van der Waals surface area (Å²) >= 11 is 3.21. The number of thioether (sulfide) groups is 1. The van der Waals surface area contributed by atoms with Gasteiger partial charge in [0.15, 0.2) is 0 Å². The van der Waals surface area contributed by atoms with E-state index in [1.807, 2.05) is 31.4 Å². The van der Waals surface area contributed by atoms with E-state index in [2.05, 4.69) is 10.1 Å². The average molecular weight is 301 g/mol. The standard InChI is InChI=1S/C13H19NO3S2/c1-9(2)12(13(16)17-3)14-11(15)8-18-7-10-5-4-6-19-10/h4-6,9,12H,7-8H2,1-3H3,(H,14,15). The van der Waals surface area contributed by atoms with Crippen LogP contribution in [0.1, 0.15) is 18.7 Å². The molecule has 0 aliphatic heterocycles. The molecule has 4 nitrogen and oxygen atoms in total. The monoisotopic (exact) mass is 301 g/mol. The highest BCUT2D eigenvalue weighted by atomic mass is 32.2. The van der Waals surface area contributed by atoms with Gasteiger partial charge in [-0.15, -0.1) is 23.1 Å². The van der Waals surface area contributed by atoms with E-state index in [1.165, 1.54) is 23.7 Å². The van der Waals surface area contributed by atoms with Crippen molar-refractivity contribution in [2.24, 2.45) is 5.92 Å². The lowest BCUT2D eigenvalue weighted by Crippen LogP contribution is -2.45. The van der Waals surface area contributed by atoms with Gasteiger partial charge in [0, 0.05) is 10.6 Å². The summed E-state index contributed by atoms with van der Waals surface area (Å²) in [6.45, 7) is 3.75. The zero-order valence-corrected chi connectivity index (χ0v) is 13.0. The Hall–Kier alpha value is -1.01. The molecular weight excluding hydrogens is 282 g/mol. The van der Waals surface area contributed by atoms with Gasteiger partial charge in [0.25, 0.3) is 0 Å². The summed E-state index contributed by atoms with van der Waals surface area (Å²) in [5.74, 6) is 0.643. The lowest BCUT2D eigenvalue weighted by Gasteiger charge is -2.19. The van der Waals surface area contributed by atoms with E-state index in [0.717, 1.165) is 5.75 Å². The maximum atomic E-state index is 11.8. The molecule has 1 N–H and O–H groups in total. The number of thiophene rings is 1. The molecule has 0 aromatic carbocycles. The first-order valence-electron chi connectivity index (χ1n) is 6.02. The number of hydrogen-bond donors (Lipinski definition) is 1. The summed E-state index contributed by atoms with van der Waals surface area (Å²) in [5, 5.41) is 4.73. The van der Waals surface area contributed by atoms with Crippen molar-refractivity contribution in [3.8, 4) is 0 Å². The predicted octanol–water partition coefficient (Wildman–Crippen LogP) is 2.30. The molecule has 0 radical (unpaired) electrons. The SMILES string of the molecule is COC(=O)C(NC(=O)CSCc1cccs1)C(C)C. The molecule has 0 fully saturated rings. The number of rotatable bonds is 7. The number of ether oxygens (including phenoxy) is 1. The fourth-order valence-corrected chi connectivity index (χ4v) is 3.16. The van der Waals surface area contributed by atoms with Crippen molar-refractivity contribution in [2.45, 2.75) is 25.6 Å². The van der Waals surface area contributed by atoms with Gasteiger partial charge in [-0.05, 0) is 17.4 Å². The maximum Gasteiger partial charge on any atom is 0.328 e. The molecule has 0 saturated heterocycles. The molecule has 106 valence electrons. The number of carbonyl (C=O) groups is 2. The zero-order chi connectivity index (χ0) is 14.3. The quantitative estimate of drug-likeness (QED) is 0.785. The van der Waals surface area contributed by atoms with Crippen LogP contribution in [-0.4, -0.2) is 30.8 Å². The molecule has 1 aromatic heterocycles. The first-order chi connectivity index (χ1) is 9.04. The maximum absolute atomic E-state index is 11.8. The third-order valence-electron chi connectivity index (χ3n) is 2.50. The van der Waals surface area contributed by atoms with E-state index in [1.54, 1.807) is 11.3 Å². The molecule has 1 atom stereocenters. The minimum Gasteiger partial charge on any atom is -0.467 e. The zero-order valence-electron chi connectivity index (χ0n) is 11.3. The van der Waals surface area contributed by atoms with Gasteiger partial charge in [-0.1, -0.05) is 19.9 Å². The second kappa shape index (κ2) is 8.22. The molecule has 0 spiro atoms. The molecule has 0 aliphatic carbocycles. The van der Waals surface area contributed by atoms with Gasteiger partial charge in [0.05, 0.1) is 12.9 Å². The number of nitrogens with one attached hydrogen (secondary N) is 1. The van der Waals surface area contributed by atoms with Crippen LogP contribution in [0.2, 0.25) is 0 Å². The van der Waals surface area contributed by atoms with Crippen LogP contribution in [0.5, 0.6) is 0 Å². The highest BCUT2D eigenvalue weighted by molar-refractivity contribution is 7.99. The molecular formula is C13H19NO3S2. The molecule has 1 unspecified atom stereocenters. The van der Waals surface area contributed by atoms with Crippen LogP contribution in [0.25, 0.3) is 0 Å². The lowest BCUT2D eigenvalue weighted by atomic mass is 10.1. The number of methoxy groups -OCH3 is 1. The number of esters is 1. The molecule has 19 heavy (non-hydrogen) atoms. The molecule has 1 rings (SSSR count). The Morgan fingerprint density at radius 1 is 1.47 bits per heavy atom. The van der Waals surface area contributed by atoms with E-state index >= 15 is 0 Å². The van der Waals surface area contributed by atoms with Gasteiger partial charge in [-0.25, -0.2) is 4.79 Å². The average Bonchev–Trinajstić information content (AvgIpc) is 2.87. The Labute approximate surface area is 121 Å². The molecule has 1 aromatic rings. The summed E-state index contributed by atoms with van der Waals surface area (Å²) in [6.07, 6.45) is 0. The second-order valence-electron chi connectivity index (χ2n) is 4.38. The smallest absolute Gasteiger partial charge is 0.328 e. The van der Waals surface area contributed by atoms with Crippen molar-refractivity contribution >= 4 is 35.0 Å². The van der Waals surface area contributed by atoms with Crippen molar-refractivity contribution in [2.75, 3.05) is 12.9 Å². The fourth-order valence-electron chi connectivity index (χ4n) is 1.48. The first kappa shape index (κ1) is 16.0. The third kappa shape index (κ3) is 5.65. The summed E-state index contributed by atoms with van der Waals surface area (Å²) in [5.41, 5.74) is 0. The largest absolute Gasteiger partial charge is 0.467 e. The molecule has 1 amide bonds. The highest BCUT2D eigenvalue weighted by Gasteiger charge is 2.24. The van der Waals surface area contributed by atoms with Gasteiger partial charge < -0.3 is 10.1 Å². The van der Waals surface area contributed by atoms with Gasteiger partial charge in [0.2, 0.25) is 5.91 Å². The van der Waals surface area contributed by atoms with Gasteiger partial charge in [-0.2, -0.15) is 0 Å². The molecule has 0 saturated carbocycles. The van der Waals surface area contributed by atoms with Crippen molar-refractivity contribution in [3.63, 3.8) is 0 Å². The molecule has 1 heterocycles. The van der Waals surface area contributed by atoms with Crippen LogP contribution in [0.3, 0.4) is 0 Å². The Morgan fingerprint density at radius 2 is 2.21 bits per heavy atom. The normalized spacial score (nSPS) is 12.2. The number of hydrogen-bond acceptors (Lipinski definition) is 5. The number of carbonyl (C=O) groups excluding carboxylic acids is 2. The predicted molar refractivity (Wildman–Crippen MR) is 79.3 cm³/mol. The van der Waals surface area contributed by atoms with E-state index in [0.29, 0.717) is 5.75 Å². The lowest BCUT2D eigenvalue weighted by molar-refractivity contribution is -0.146. The summed E-state index contributed by atoms with van der Waals surface area (Å²) in [6, 6.07) is 3.47. The van der Waals surface area contributed by atoms with E-state index < -0.39 is 12.0 Å². The Kier molecular flexibility index (Phi) is 6.94. The van der Waals surface area contributed by atoms with Crippen LogP contribution >= 0.6 is 23.1 Å². The minimum atomic E-state index is -0.570. The second-order valence-corrected chi connectivity index (χ2v) is 6.40. The summed E-state index contributed by atoms with van der Waals surface area (Å²) in [4.78, 5) is 24.5. The Morgan fingerprint density at radius 3 is 2.74 bits per heavy atom. The number of amides is 1. The van der Waals surface area contributed by atoms with E-state index in [9.17, 15) is 9.59 Å². The van der Waals surface area contributed by atoms with E-state index in [4.69, 9.17) is 0 Å². The van der Waals surface area contributed by atoms with Crippen LogP contribution in [0.4, 0.5) is 0 Å². The Bertz CT molecular complexity index is 404. The van der Waals surface area contributed by atoms with Gasteiger partial charge >= 0.3 is 5.97 Å². The topological polar surface area (TPSA) is 55.4 Å². The van der Waals surface area contributed by atoms with Crippen molar-refractivity contribution in [1.29, 1.82) is 0 Å². The molecule has 6 heteroatoms. The van der Waals surface area contributed by atoms with Crippen LogP contribution in [0.15, 0.2) is 17.5 Å². The highest BCUT2D eigenvalue weighted by Crippen LogP contribution is 2.16. The Balaban J connectivity index is 2.34. The van der Waals surface area contributed by atoms with Crippen molar-refractivity contribution in [1.82, 2.24) is 5.32 Å². The van der Waals surface area contributed by atoms with Crippen LogP contribution < -0.4 is 5.32 Å². The summed E-state index contributed by atoms with van der Waals surface area (Å²) < 4.78 is 4.68. The van der Waals surface area contributed by atoms with Gasteiger partial charge in [-0.3, -0.25) is 4.79 Å². The van der Waals surface area contributed by atoms with Crippen molar-refractivity contribution in [3.05, 3.63) is 22.4 Å². The fraction of sp³-hybridized carbons (Fsp3) is 0.538. The molecule has 0 bridgehead atoms. The van der Waals surface area contributed by atoms with E-state index in [-0.39, 0.29) is 11.8 Å².